The van der Waals surface area contributed by atoms with Crippen LogP contribution in [0.4, 0.5) is 17.1 Å². The Balaban J connectivity index is 0.890. The lowest BCUT2D eigenvalue weighted by Crippen LogP contribution is -2.26. The summed E-state index contributed by atoms with van der Waals surface area (Å²) in [6, 6.07) is 83.7. The standard InChI is InChI=1S/C73H49NO2/c1-71(2)57-35-36-65-68(50-25-13-17-29-63(50)75-65)67(57)54-41-59-53(40-60(54)71)48-33-31-44(37-58(48)72(59,3)4)74(43-21-9-6-10-22-43)45-32-34-49-61(38-45)73(55-27-15-11-23-46(55)47-24-12-16-28-56(47)73)62-39-52(42-19-7-5-8-20-42)70-69(66(49)62)51-26-14-18-30-64(51)76-70/h5-41H,1-4H3. The second kappa shape index (κ2) is 14.6. The highest BCUT2D eigenvalue weighted by Gasteiger charge is 2.53. The summed E-state index contributed by atoms with van der Waals surface area (Å²) in [6.45, 7) is 9.63. The molecule has 0 unspecified atom stereocenters. The zero-order chi connectivity index (χ0) is 50.4. The fourth-order valence-electron chi connectivity index (χ4n) is 14.9. The van der Waals surface area contributed by atoms with E-state index in [0.29, 0.717) is 0 Å². The van der Waals surface area contributed by atoms with E-state index in [0.717, 1.165) is 55.9 Å². The molecule has 17 rings (SSSR count). The Morgan fingerprint density at radius 1 is 0.303 bits per heavy atom. The van der Waals surface area contributed by atoms with Crippen molar-refractivity contribution in [2.24, 2.45) is 0 Å². The molecule has 2 heterocycles. The van der Waals surface area contributed by atoms with Crippen molar-refractivity contribution >= 4 is 60.9 Å². The van der Waals surface area contributed by atoms with E-state index in [1.807, 2.05) is 0 Å². The van der Waals surface area contributed by atoms with Crippen LogP contribution >= 0.6 is 0 Å². The molecule has 0 N–H and O–H groups in total. The van der Waals surface area contributed by atoms with Crippen LogP contribution in [0.15, 0.2) is 233 Å². The topological polar surface area (TPSA) is 29.5 Å². The second-order valence-electron chi connectivity index (χ2n) is 22.6. The van der Waals surface area contributed by atoms with E-state index in [4.69, 9.17) is 8.83 Å². The Labute approximate surface area is 440 Å². The van der Waals surface area contributed by atoms with Crippen molar-refractivity contribution in [1.82, 2.24) is 0 Å². The molecule has 3 heteroatoms. The molecule has 2 aromatic heterocycles. The van der Waals surface area contributed by atoms with Gasteiger partial charge in [-0.3, -0.25) is 0 Å². The number of rotatable bonds is 4. The van der Waals surface area contributed by atoms with Crippen LogP contribution in [0.1, 0.15) is 72.2 Å². The van der Waals surface area contributed by atoms with Crippen molar-refractivity contribution in [2.75, 3.05) is 4.90 Å². The SMILES string of the molecule is CC1(C)c2cc(N(c3ccccc3)c3ccc4c(c3)C3(c5ccccc5-c5ccccc53)c3cc(-c5ccccc5)c5oc6ccccc6c5c3-4)ccc2-c2cc3c(cc21)-c1c(ccc2oc4ccccc4c12)C3(C)C. The zero-order valence-electron chi connectivity index (χ0n) is 42.6. The van der Waals surface area contributed by atoms with Crippen molar-refractivity contribution in [3.8, 4) is 55.6 Å². The van der Waals surface area contributed by atoms with E-state index in [2.05, 4.69) is 257 Å². The summed E-state index contributed by atoms with van der Waals surface area (Å²) < 4.78 is 13.5. The number of anilines is 3. The predicted molar refractivity (Wildman–Crippen MR) is 313 cm³/mol. The lowest BCUT2D eigenvalue weighted by Gasteiger charge is -2.32. The van der Waals surface area contributed by atoms with Gasteiger partial charge in [-0.25, -0.2) is 0 Å². The first-order chi connectivity index (χ1) is 37.2. The van der Waals surface area contributed by atoms with Crippen LogP contribution < -0.4 is 4.90 Å². The molecule has 358 valence electrons. The van der Waals surface area contributed by atoms with Gasteiger partial charge < -0.3 is 13.7 Å². The van der Waals surface area contributed by atoms with Gasteiger partial charge in [0, 0.05) is 55.0 Å². The predicted octanol–water partition coefficient (Wildman–Crippen LogP) is 19.6. The largest absolute Gasteiger partial charge is 0.456 e. The summed E-state index contributed by atoms with van der Waals surface area (Å²) in [4.78, 5) is 2.49. The number of furan rings is 2. The normalized spacial score (nSPS) is 15.2. The molecule has 0 amide bonds. The summed E-state index contributed by atoms with van der Waals surface area (Å²) in [5.41, 5.74) is 29.1. The summed E-state index contributed by atoms with van der Waals surface area (Å²) in [7, 11) is 0. The van der Waals surface area contributed by atoms with Gasteiger partial charge in [0.25, 0.3) is 0 Å². The third-order valence-corrected chi connectivity index (χ3v) is 18.3. The molecule has 0 atom stereocenters. The molecule has 3 nitrogen and oxygen atoms in total. The lowest BCUT2D eigenvalue weighted by molar-refractivity contribution is 0.651. The lowest BCUT2D eigenvalue weighted by atomic mass is 9.70. The third kappa shape index (κ3) is 5.18. The van der Waals surface area contributed by atoms with Crippen LogP contribution in [-0.4, -0.2) is 0 Å². The molecule has 4 aliphatic carbocycles. The van der Waals surface area contributed by atoms with E-state index < -0.39 is 5.41 Å². The van der Waals surface area contributed by atoms with Crippen molar-refractivity contribution in [3.63, 3.8) is 0 Å². The van der Waals surface area contributed by atoms with Gasteiger partial charge >= 0.3 is 0 Å². The summed E-state index contributed by atoms with van der Waals surface area (Å²) in [6.07, 6.45) is 0. The maximum atomic E-state index is 6.99. The average Bonchev–Trinajstić information content (AvgIpc) is 4.38. The summed E-state index contributed by atoms with van der Waals surface area (Å²) in [5, 5.41) is 4.69. The fraction of sp³-hybridized carbons (Fsp3) is 0.0959. The van der Waals surface area contributed by atoms with E-state index >= 15 is 0 Å². The van der Waals surface area contributed by atoms with Crippen LogP contribution in [0.25, 0.3) is 99.5 Å². The Kier molecular flexibility index (Phi) is 8.09. The first kappa shape index (κ1) is 42.2. The van der Waals surface area contributed by atoms with Gasteiger partial charge in [-0.05, 0) is 167 Å². The molecular weight excluding hydrogens is 923 g/mol. The smallest absolute Gasteiger partial charge is 0.143 e. The maximum Gasteiger partial charge on any atom is 0.143 e. The molecule has 11 aromatic carbocycles. The highest BCUT2D eigenvalue weighted by molar-refractivity contribution is 6.20. The van der Waals surface area contributed by atoms with Crippen LogP contribution in [0, 0.1) is 0 Å². The van der Waals surface area contributed by atoms with Crippen molar-refractivity contribution < 1.29 is 8.83 Å². The van der Waals surface area contributed by atoms with E-state index in [1.165, 1.54) is 105 Å². The highest BCUT2D eigenvalue weighted by Crippen LogP contribution is 2.66. The molecular formula is C73H49NO2. The monoisotopic (exact) mass is 971 g/mol. The Bertz CT molecular complexity index is 4650. The Morgan fingerprint density at radius 3 is 1.54 bits per heavy atom. The molecule has 13 aromatic rings. The maximum absolute atomic E-state index is 6.99. The van der Waals surface area contributed by atoms with Gasteiger partial charge in [-0.1, -0.05) is 179 Å². The average molecular weight is 972 g/mol. The highest BCUT2D eigenvalue weighted by atomic mass is 16.3. The third-order valence-electron chi connectivity index (χ3n) is 18.3. The van der Waals surface area contributed by atoms with Gasteiger partial charge in [-0.2, -0.15) is 0 Å². The molecule has 0 saturated carbocycles. The zero-order valence-corrected chi connectivity index (χ0v) is 42.6. The van der Waals surface area contributed by atoms with Gasteiger partial charge in [0.15, 0.2) is 0 Å². The van der Waals surface area contributed by atoms with E-state index in [9.17, 15) is 0 Å². The Morgan fingerprint density at radius 2 is 0.816 bits per heavy atom. The number of para-hydroxylation sites is 3. The molecule has 4 aliphatic rings. The minimum absolute atomic E-state index is 0.187. The van der Waals surface area contributed by atoms with Crippen molar-refractivity contribution in [1.29, 1.82) is 0 Å². The number of hydrogen-bond acceptors (Lipinski definition) is 3. The summed E-state index contributed by atoms with van der Waals surface area (Å²) >= 11 is 0. The number of benzene rings is 11. The van der Waals surface area contributed by atoms with Crippen LogP contribution in [0.2, 0.25) is 0 Å². The molecule has 0 bridgehead atoms. The minimum Gasteiger partial charge on any atom is -0.456 e. The van der Waals surface area contributed by atoms with Crippen LogP contribution in [0.5, 0.6) is 0 Å². The minimum atomic E-state index is -0.616. The molecule has 1 spiro atoms. The van der Waals surface area contributed by atoms with Crippen molar-refractivity contribution in [3.05, 3.63) is 269 Å². The number of nitrogens with zero attached hydrogens (tertiary/aromatic N) is 1. The van der Waals surface area contributed by atoms with Gasteiger partial charge in [0.2, 0.25) is 0 Å². The molecule has 0 fully saturated rings. The van der Waals surface area contributed by atoms with Gasteiger partial charge in [0.05, 0.1) is 5.41 Å². The van der Waals surface area contributed by atoms with E-state index in [-0.39, 0.29) is 10.8 Å². The molecule has 0 saturated heterocycles. The number of fused-ring (bicyclic) bond motifs is 24. The first-order valence-corrected chi connectivity index (χ1v) is 26.7. The summed E-state index contributed by atoms with van der Waals surface area (Å²) in [5.74, 6) is 0. The molecule has 0 radical (unpaired) electrons. The second-order valence-corrected chi connectivity index (χ2v) is 22.6. The van der Waals surface area contributed by atoms with E-state index in [1.54, 1.807) is 0 Å². The number of hydrogen-bond donors (Lipinski definition) is 0. The fourth-order valence-corrected chi connectivity index (χ4v) is 14.9. The van der Waals surface area contributed by atoms with Crippen LogP contribution in [-0.2, 0) is 16.2 Å². The Hall–Kier alpha value is -9.18. The quantitative estimate of drug-likeness (QED) is 0.176. The molecule has 76 heavy (non-hydrogen) atoms. The van der Waals surface area contributed by atoms with Crippen molar-refractivity contribution in [2.45, 2.75) is 43.9 Å². The van der Waals surface area contributed by atoms with Gasteiger partial charge in [0.1, 0.15) is 22.3 Å². The molecule has 0 aliphatic heterocycles. The first-order valence-electron chi connectivity index (χ1n) is 26.7. The van der Waals surface area contributed by atoms with Gasteiger partial charge in [-0.15, -0.1) is 0 Å². The van der Waals surface area contributed by atoms with Crippen LogP contribution in [0.3, 0.4) is 0 Å².